The van der Waals surface area contributed by atoms with Crippen molar-refractivity contribution in [3.63, 3.8) is 0 Å². The van der Waals surface area contributed by atoms with E-state index in [1.54, 1.807) is 46.0 Å². The number of hydroxylamine groups is 2. The third-order valence-electron chi connectivity index (χ3n) is 4.61. The van der Waals surface area contributed by atoms with Crippen molar-refractivity contribution in [2.75, 3.05) is 6.54 Å². The Morgan fingerprint density at radius 1 is 1.30 bits per heavy atom. The van der Waals surface area contributed by atoms with E-state index in [0.29, 0.717) is 28.3 Å². The molecule has 0 saturated heterocycles. The minimum atomic E-state index is -0.967. The van der Waals surface area contributed by atoms with Crippen LogP contribution in [0.15, 0.2) is 47.0 Å². The minimum absolute atomic E-state index is 0.0844. The molecule has 1 aromatic heterocycles. The lowest BCUT2D eigenvalue weighted by molar-refractivity contribution is -0.385. The molecule has 2 heterocycles. The second kappa shape index (κ2) is 6.55. The van der Waals surface area contributed by atoms with Crippen molar-refractivity contribution in [2.24, 2.45) is 0 Å². The first-order chi connectivity index (χ1) is 12.7. The Balaban J connectivity index is 2.50. The summed E-state index contributed by atoms with van der Waals surface area (Å²) in [6.07, 6.45) is 1.57. The number of fused-ring (bicyclic) bond motifs is 1. The van der Waals surface area contributed by atoms with Crippen molar-refractivity contribution < 1.29 is 14.9 Å². The second-order valence-corrected chi connectivity index (χ2v) is 6.77. The van der Waals surface area contributed by atoms with Crippen LogP contribution in [-0.2, 0) is 0 Å². The standard InChI is InChI=1S/C19H21N3O5/c1-5-21(24)18-17(20-11-7-6-8-15(20)23)16-12(2)13(22(25)26)9-10-14(16)27-19(18,3)4/h6-11,24H,5H2,1-4H3. The van der Waals surface area contributed by atoms with E-state index in [1.807, 2.05) is 0 Å². The van der Waals surface area contributed by atoms with Crippen molar-refractivity contribution in [3.8, 4) is 5.75 Å². The number of hydrogen-bond donors (Lipinski definition) is 1. The van der Waals surface area contributed by atoms with Crippen molar-refractivity contribution >= 4 is 11.4 Å². The molecule has 27 heavy (non-hydrogen) atoms. The highest BCUT2D eigenvalue weighted by atomic mass is 16.6. The zero-order valence-corrected chi connectivity index (χ0v) is 15.6. The number of pyridine rings is 1. The fraction of sp³-hybridized carbons (Fsp3) is 0.316. The van der Waals surface area contributed by atoms with E-state index in [-0.39, 0.29) is 17.8 Å². The molecule has 0 spiro atoms. The monoisotopic (exact) mass is 371 g/mol. The van der Waals surface area contributed by atoms with Gasteiger partial charge in [0, 0.05) is 30.4 Å². The summed E-state index contributed by atoms with van der Waals surface area (Å²) in [5.74, 6) is 0.419. The van der Waals surface area contributed by atoms with Crippen LogP contribution in [0.25, 0.3) is 5.70 Å². The Bertz CT molecular complexity index is 1010. The van der Waals surface area contributed by atoms with Gasteiger partial charge in [-0.3, -0.25) is 29.7 Å². The lowest BCUT2D eigenvalue weighted by Crippen LogP contribution is -2.44. The van der Waals surface area contributed by atoms with Crippen molar-refractivity contribution in [3.05, 3.63) is 73.8 Å². The number of hydrogen-bond acceptors (Lipinski definition) is 6. The first-order valence-electron chi connectivity index (χ1n) is 8.55. The first-order valence-corrected chi connectivity index (χ1v) is 8.55. The number of ether oxygens (including phenoxy) is 1. The van der Waals surface area contributed by atoms with Gasteiger partial charge in [0.2, 0.25) is 0 Å². The fourth-order valence-corrected chi connectivity index (χ4v) is 3.42. The molecular weight excluding hydrogens is 350 g/mol. The number of nitro groups is 1. The number of aromatic nitrogens is 1. The molecular formula is C19H21N3O5. The SMILES string of the molecule is CCN(O)C1=C(n2ccccc2=O)c2c(ccc([N+](=O)[O-])c2C)OC1(C)C. The molecule has 2 aromatic rings. The van der Waals surface area contributed by atoms with Crippen molar-refractivity contribution in [1.29, 1.82) is 0 Å². The van der Waals surface area contributed by atoms with Crippen LogP contribution in [0.1, 0.15) is 31.9 Å². The molecule has 0 radical (unpaired) electrons. The Morgan fingerprint density at radius 2 is 2.00 bits per heavy atom. The van der Waals surface area contributed by atoms with Gasteiger partial charge < -0.3 is 4.74 Å². The van der Waals surface area contributed by atoms with Gasteiger partial charge in [0.05, 0.1) is 16.2 Å². The molecule has 1 aromatic carbocycles. The van der Waals surface area contributed by atoms with E-state index in [4.69, 9.17) is 4.74 Å². The molecule has 0 amide bonds. The summed E-state index contributed by atoms with van der Waals surface area (Å²) in [5, 5.41) is 23.0. The zero-order valence-electron chi connectivity index (χ0n) is 15.6. The smallest absolute Gasteiger partial charge is 0.273 e. The molecule has 0 unspecified atom stereocenters. The minimum Gasteiger partial charge on any atom is -0.481 e. The van der Waals surface area contributed by atoms with Crippen LogP contribution in [0.2, 0.25) is 0 Å². The van der Waals surface area contributed by atoms with Gasteiger partial charge >= 0.3 is 0 Å². The molecule has 0 fully saturated rings. The third-order valence-corrected chi connectivity index (χ3v) is 4.61. The number of nitro benzene ring substituents is 1. The quantitative estimate of drug-likeness (QED) is 0.655. The molecule has 1 N–H and O–H groups in total. The van der Waals surface area contributed by atoms with Gasteiger partial charge in [-0.1, -0.05) is 6.07 Å². The summed E-state index contributed by atoms with van der Waals surface area (Å²) >= 11 is 0. The molecule has 142 valence electrons. The maximum Gasteiger partial charge on any atom is 0.273 e. The van der Waals surface area contributed by atoms with E-state index in [1.165, 1.54) is 22.8 Å². The van der Waals surface area contributed by atoms with Gasteiger partial charge in [-0.05, 0) is 39.8 Å². The molecule has 3 rings (SSSR count). The van der Waals surface area contributed by atoms with Crippen LogP contribution in [0.3, 0.4) is 0 Å². The highest BCUT2D eigenvalue weighted by Gasteiger charge is 2.41. The molecule has 0 atom stereocenters. The van der Waals surface area contributed by atoms with Crippen LogP contribution in [0.4, 0.5) is 5.69 Å². The molecule has 0 saturated carbocycles. The highest BCUT2D eigenvalue weighted by Crippen LogP contribution is 2.45. The number of rotatable bonds is 4. The van der Waals surface area contributed by atoms with Crippen LogP contribution < -0.4 is 10.3 Å². The van der Waals surface area contributed by atoms with E-state index in [0.717, 1.165) is 5.06 Å². The maximum atomic E-state index is 12.6. The summed E-state index contributed by atoms with van der Waals surface area (Å²) in [5.41, 5.74) is 0.139. The van der Waals surface area contributed by atoms with Gasteiger partial charge in [0.25, 0.3) is 11.2 Å². The van der Waals surface area contributed by atoms with Crippen LogP contribution >= 0.6 is 0 Å². The lowest BCUT2D eigenvalue weighted by Gasteiger charge is -2.40. The maximum absolute atomic E-state index is 12.6. The van der Waals surface area contributed by atoms with E-state index in [9.17, 15) is 20.1 Å². The summed E-state index contributed by atoms with van der Waals surface area (Å²) in [4.78, 5) is 23.5. The number of benzene rings is 1. The van der Waals surface area contributed by atoms with Crippen LogP contribution in [0, 0.1) is 17.0 Å². The van der Waals surface area contributed by atoms with Crippen molar-refractivity contribution in [2.45, 2.75) is 33.3 Å². The normalized spacial score (nSPS) is 15.1. The average molecular weight is 371 g/mol. The Hall–Kier alpha value is -3.13. The van der Waals surface area contributed by atoms with E-state index < -0.39 is 10.5 Å². The molecule has 8 heteroatoms. The Morgan fingerprint density at radius 3 is 2.59 bits per heavy atom. The largest absolute Gasteiger partial charge is 0.481 e. The van der Waals surface area contributed by atoms with Crippen LogP contribution in [0.5, 0.6) is 5.75 Å². The van der Waals surface area contributed by atoms with E-state index in [2.05, 4.69) is 0 Å². The fourth-order valence-electron chi connectivity index (χ4n) is 3.42. The van der Waals surface area contributed by atoms with Gasteiger partial charge in [-0.25, -0.2) is 0 Å². The summed E-state index contributed by atoms with van der Waals surface area (Å²) < 4.78 is 7.45. The Kier molecular flexibility index (Phi) is 4.52. The first kappa shape index (κ1) is 18.7. The third kappa shape index (κ3) is 2.97. The summed E-state index contributed by atoms with van der Waals surface area (Å²) in [7, 11) is 0. The van der Waals surface area contributed by atoms with Gasteiger partial charge in [0.15, 0.2) is 0 Å². The zero-order chi connectivity index (χ0) is 19.9. The summed E-state index contributed by atoms with van der Waals surface area (Å²) in [6, 6.07) is 7.61. The number of nitrogens with zero attached hydrogens (tertiary/aromatic N) is 3. The molecule has 1 aliphatic heterocycles. The highest BCUT2D eigenvalue weighted by molar-refractivity contribution is 5.80. The molecule has 0 bridgehead atoms. The summed E-state index contributed by atoms with van der Waals surface area (Å²) in [6.45, 7) is 7.16. The Labute approximate surface area is 156 Å². The van der Waals surface area contributed by atoms with Gasteiger partial charge in [-0.2, -0.15) is 0 Å². The predicted octanol–water partition coefficient (Wildman–Crippen LogP) is 3.16. The van der Waals surface area contributed by atoms with Crippen LogP contribution in [-0.4, -0.2) is 31.9 Å². The average Bonchev–Trinajstić information content (AvgIpc) is 2.59. The van der Waals surface area contributed by atoms with Gasteiger partial charge in [0.1, 0.15) is 17.0 Å². The predicted molar refractivity (Wildman–Crippen MR) is 99.7 cm³/mol. The lowest BCUT2D eigenvalue weighted by atomic mass is 9.91. The van der Waals surface area contributed by atoms with E-state index >= 15 is 0 Å². The van der Waals surface area contributed by atoms with Gasteiger partial charge in [-0.15, -0.1) is 0 Å². The topological polar surface area (TPSA) is 97.8 Å². The molecule has 8 nitrogen and oxygen atoms in total. The number of likely N-dealkylation sites (N-methyl/N-ethyl adjacent to an activating group) is 1. The molecule has 0 aliphatic carbocycles. The second-order valence-electron chi connectivity index (χ2n) is 6.77. The van der Waals surface area contributed by atoms with Crippen molar-refractivity contribution in [1.82, 2.24) is 9.63 Å². The molecule has 1 aliphatic rings.